The number of aromatic nitrogens is 2. The molecule has 1 fully saturated rings. The van der Waals surface area contributed by atoms with Crippen LogP contribution in [0, 0.1) is 0 Å². The van der Waals surface area contributed by atoms with Gasteiger partial charge in [0.1, 0.15) is 11.5 Å². The zero-order chi connectivity index (χ0) is 14.8. The number of carbonyl (C=O) groups is 1. The molecule has 0 unspecified atom stereocenters. The van der Waals surface area contributed by atoms with Crippen molar-refractivity contribution in [1.29, 1.82) is 0 Å². The van der Waals surface area contributed by atoms with Crippen molar-refractivity contribution >= 4 is 5.91 Å². The van der Waals surface area contributed by atoms with E-state index in [0.29, 0.717) is 18.2 Å². The summed E-state index contributed by atoms with van der Waals surface area (Å²) in [7, 11) is 3.91. The Morgan fingerprint density at radius 2 is 2.38 bits per heavy atom. The number of nitrogens with zero attached hydrogens (tertiary/aromatic N) is 2. The van der Waals surface area contributed by atoms with Gasteiger partial charge in [-0.3, -0.25) is 14.8 Å². The molecule has 1 aliphatic carbocycles. The number of aromatic amines is 1. The van der Waals surface area contributed by atoms with Crippen LogP contribution in [0.15, 0.2) is 28.9 Å². The van der Waals surface area contributed by atoms with Crippen LogP contribution in [0.2, 0.25) is 0 Å². The standard InChI is InChI=1S/C15H20N4O2/c1-19(2)13(14-4-3-7-21-14)9-16-15(20)12-8-11(17-18-12)10-5-6-10/h3-4,7-8,10,13H,5-6,9H2,1-2H3,(H,16,20)(H,17,18)/t13-/m1/s1. The lowest BCUT2D eigenvalue weighted by molar-refractivity contribution is 0.0934. The van der Waals surface area contributed by atoms with E-state index in [1.54, 1.807) is 6.26 Å². The molecule has 0 spiro atoms. The molecular weight excluding hydrogens is 268 g/mol. The predicted octanol–water partition coefficient (Wildman–Crippen LogP) is 1.91. The Balaban J connectivity index is 1.60. The number of hydrogen-bond acceptors (Lipinski definition) is 4. The van der Waals surface area contributed by atoms with Gasteiger partial charge < -0.3 is 9.73 Å². The summed E-state index contributed by atoms with van der Waals surface area (Å²) < 4.78 is 5.42. The quantitative estimate of drug-likeness (QED) is 0.851. The van der Waals surface area contributed by atoms with Crippen molar-refractivity contribution in [3.63, 3.8) is 0 Å². The van der Waals surface area contributed by atoms with Crippen molar-refractivity contribution in [3.05, 3.63) is 41.6 Å². The van der Waals surface area contributed by atoms with Crippen LogP contribution in [-0.4, -0.2) is 41.6 Å². The number of nitrogens with one attached hydrogen (secondary N) is 2. The van der Waals surface area contributed by atoms with E-state index in [2.05, 4.69) is 15.5 Å². The van der Waals surface area contributed by atoms with Crippen LogP contribution in [0.1, 0.15) is 46.7 Å². The number of H-pyrrole nitrogens is 1. The summed E-state index contributed by atoms with van der Waals surface area (Å²) >= 11 is 0. The minimum Gasteiger partial charge on any atom is -0.468 e. The monoisotopic (exact) mass is 288 g/mol. The highest BCUT2D eigenvalue weighted by atomic mass is 16.3. The fourth-order valence-electron chi connectivity index (χ4n) is 2.35. The molecule has 1 atom stereocenters. The van der Waals surface area contributed by atoms with Crippen LogP contribution in [-0.2, 0) is 0 Å². The van der Waals surface area contributed by atoms with Crippen molar-refractivity contribution in [2.24, 2.45) is 0 Å². The highest BCUT2D eigenvalue weighted by Crippen LogP contribution is 2.38. The average molecular weight is 288 g/mol. The second-order valence-electron chi connectivity index (χ2n) is 5.69. The maximum Gasteiger partial charge on any atom is 0.271 e. The minimum absolute atomic E-state index is 0.00537. The molecule has 0 aromatic carbocycles. The number of likely N-dealkylation sites (N-methyl/N-ethyl adjacent to an activating group) is 1. The molecule has 0 bridgehead atoms. The van der Waals surface area contributed by atoms with E-state index in [1.165, 1.54) is 12.8 Å². The van der Waals surface area contributed by atoms with E-state index in [0.717, 1.165) is 11.5 Å². The van der Waals surface area contributed by atoms with E-state index in [-0.39, 0.29) is 11.9 Å². The Morgan fingerprint density at radius 1 is 1.57 bits per heavy atom. The molecule has 1 aliphatic rings. The van der Waals surface area contributed by atoms with Gasteiger partial charge in [-0.1, -0.05) is 0 Å². The molecule has 1 amide bonds. The topological polar surface area (TPSA) is 74.2 Å². The average Bonchev–Trinajstić information content (AvgIpc) is 2.98. The SMILES string of the molecule is CN(C)[C@H](CNC(=O)c1cc(C2CC2)[nH]n1)c1ccco1. The van der Waals surface area contributed by atoms with Crippen molar-refractivity contribution in [2.75, 3.05) is 20.6 Å². The van der Waals surface area contributed by atoms with Gasteiger partial charge in [-0.25, -0.2) is 0 Å². The molecular formula is C15H20N4O2. The molecule has 1 saturated carbocycles. The van der Waals surface area contributed by atoms with E-state index in [1.807, 2.05) is 37.2 Å². The smallest absolute Gasteiger partial charge is 0.271 e. The Morgan fingerprint density at radius 3 is 3.00 bits per heavy atom. The van der Waals surface area contributed by atoms with Crippen LogP contribution in [0.5, 0.6) is 0 Å². The van der Waals surface area contributed by atoms with Crippen molar-refractivity contribution in [1.82, 2.24) is 20.4 Å². The third-order valence-electron chi connectivity index (χ3n) is 3.80. The van der Waals surface area contributed by atoms with Gasteiger partial charge in [-0.05, 0) is 45.1 Å². The molecule has 2 aromatic heterocycles. The molecule has 6 heteroatoms. The summed E-state index contributed by atoms with van der Waals surface area (Å²) in [5.74, 6) is 1.24. The van der Waals surface area contributed by atoms with Crippen molar-refractivity contribution < 1.29 is 9.21 Å². The van der Waals surface area contributed by atoms with Gasteiger partial charge in [-0.2, -0.15) is 5.10 Å². The minimum atomic E-state index is -0.156. The molecule has 3 rings (SSSR count). The fraction of sp³-hybridized carbons (Fsp3) is 0.467. The van der Waals surface area contributed by atoms with Gasteiger partial charge in [0.15, 0.2) is 0 Å². The zero-order valence-electron chi connectivity index (χ0n) is 12.3. The maximum absolute atomic E-state index is 12.2. The molecule has 2 heterocycles. The molecule has 112 valence electrons. The highest BCUT2D eigenvalue weighted by molar-refractivity contribution is 5.92. The fourth-order valence-corrected chi connectivity index (χ4v) is 2.35. The van der Waals surface area contributed by atoms with Gasteiger partial charge in [0, 0.05) is 18.2 Å². The van der Waals surface area contributed by atoms with Crippen LogP contribution in [0.25, 0.3) is 0 Å². The summed E-state index contributed by atoms with van der Waals surface area (Å²) in [6, 6.07) is 5.62. The normalized spacial score (nSPS) is 16.1. The summed E-state index contributed by atoms with van der Waals surface area (Å²) in [5, 5.41) is 9.95. The van der Waals surface area contributed by atoms with Gasteiger partial charge in [0.2, 0.25) is 0 Å². The first kappa shape index (κ1) is 13.9. The lowest BCUT2D eigenvalue weighted by Crippen LogP contribution is -2.34. The number of carbonyl (C=O) groups excluding carboxylic acids is 1. The van der Waals surface area contributed by atoms with Gasteiger partial charge in [0.05, 0.1) is 12.3 Å². The zero-order valence-corrected chi connectivity index (χ0v) is 12.3. The predicted molar refractivity (Wildman–Crippen MR) is 78.0 cm³/mol. The maximum atomic E-state index is 12.2. The second-order valence-corrected chi connectivity index (χ2v) is 5.69. The molecule has 21 heavy (non-hydrogen) atoms. The van der Waals surface area contributed by atoms with Crippen LogP contribution in [0.3, 0.4) is 0 Å². The Bertz CT molecular complexity index is 599. The molecule has 6 nitrogen and oxygen atoms in total. The van der Waals surface area contributed by atoms with Crippen molar-refractivity contribution in [3.8, 4) is 0 Å². The first-order chi connectivity index (χ1) is 10.1. The molecule has 0 aliphatic heterocycles. The largest absolute Gasteiger partial charge is 0.468 e. The molecule has 0 radical (unpaired) electrons. The van der Waals surface area contributed by atoms with E-state index < -0.39 is 0 Å². The Labute approximate surface area is 123 Å². The van der Waals surface area contributed by atoms with Gasteiger partial charge >= 0.3 is 0 Å². The van der Waals surface area contributed by atoms with Crippen LogP contribution in [0.4, 0.5) is 0 Å². The summed E-state index contributed by atoms with van der Waals surface area (Å²) in [6.07, 6.45) is 4.01. The third-order valence-corrected chi connectivity index (χ3v) is 3.80. The third kappa shape index (κ3) is 3.16. The van der Waals surface area contributed by atoms with E-state index in [9.17, 15) is 4.79 Å². The number of furan rings is 1. The highest BCUT2D eigenvalue weighted by Gasteiger charge is 2.26. The van der Waals surface area contributed by atoms with Crippen LogP contribution >= 0.6 is 0 Å². The number of hydrogen-bond donors (Lipinski definition) is 2. The Hall–Kier alpha value is -2.08. The Kier molecular flexibility index (Phi) is 3.79. The van der Waals surface area contributed by atoms with Crippen LogP contribution < -0.4 is 5.32 Å². The molecule has 2 aromatic rings. The summed E-state index contributed by atoms with van der Waals surface area (Å²) in [5.41, 5.74) is 1.52. The lowest BCUT2D eigenvalue weighted by Gasteiger charge is -2.22. The number of amides is 1. The summed E-state index contributed by atoms with van der Waals surface area (Å²) in [4.78, 5) is 14.2. The van der Waals surface area contributed by atoms with E-state index >= 15 is 0 Å². The first-order valence-corrected chi connectivity index (χ1v) is 7.18. The van der Waals surface area contributed by atoms with Gasteiger partial charge in [0.25, 0.3) is 5.91 Å². The molecule has 2 N–H and O–H groups in total. The van der Waals surface area contributed by atoms with Crippen molar-refractivity contribution in [2.45, 2.75) is 24.8 Å². The second kappa shape index (κ2) is 5.73. The van der Waals surface area contributed by atoms with Gasteiger partial charge in [-0.15, -0.1) is 0 Å². The number of rotatable bonds is 6. The summed E-state index contributed by atoms with van der Waals surface area (Å²) in [6.45, 7) is 0.477. The van der Waals surface area contributed by atoms with E-state index in [4.69, 9.17) is 4.42 Å². The first-order valence-electron chi connectivity index (χ1n) is 7.18. The lowest BCUT2D eigenvalue weighted by atomic mass is 10.2. The molecule has 0 saturated heterocycles.